The molecule has 0 fully saturated rings. The van der Waals surface area contributed by atoms with Gasteiger partial charge in [-0.2, -0.15) is 13.2 Å². The molecule has 18 heavy (non-hydrogen) atoms. The Morgan fingerprint density at radius 3 is 2.61 bits per heavy atom. The third-order valence-electron chi connectivity index (χ3n) is 2.59. The van der Waals surface area contributed by atoms with Gasteiger partial charge in [0.2, 0.25) is 0 Å². The minimum atomic E-state index is -4.39. The van der Waals surface area contributed by atoms with E-state index in [4.69, 9.17) is 10.6 Å². The highest BCUT2D eigenvalue weighted by molar-refractivity contribution is 5.24. The number of pyridine rings is 1. The molecule has 1 aliphatic rings. The van der Waals surface area contributed by atoms with E-state index < -0.39 is 17.8 Å². The maximum atomic E-state index is 12.4. The van der Waals surface area contributed by atoms with Crippen LogP contribution in [0.1, 0.15) is 23.7 Å². The third kappa shape index (κ3) is 2.62. The minimum absolute atomic E-state index is 0.388. The summed E-state index contributed by atoms with van der Waals surface area (Å²) in [6, 6.07) is 1.74. The number of nitrogens with one attached hydrogen (secondary N) is 1. The summed E-state index contributed by atoms with van der Waals surface area (Å²) in [5.41, 5.74) is 2.08. The van der Waals surface area contributed by atoms with Gasteiger partial charge in [-0.25, -0.2) is 5.43 Å². The van der Waals surface area contributed by atoms with Gasteiger partial charge in [0, 0.05) is 12.6 Å². The summed E-state index contributed by atoms with van der Waals surface area (Å²) in [4.78, 5) is 3.78. The summed E-state index contributed by atoms with van der Waals surface area (Å²) in [6.45, 7) is 0.550. The molecular weight excluding hydrogens is 247 g/mol. The van der Waals surface area contributed by atoms with Crippen LogP contribution >= 0.6 is 0 Å². The normalized spacial score (nSPS) is 17.2. The molecule has 3 N–H and O–H groups in total. The molecule has 0 amide bonds. The first-order valence-corrected chi connectivity index (χ1v) is 5.34. The summed E-state index contributed by atoms with van der Waals surface area (Å²) in [5, 5.41) is 0. The molecular formula is C11H12F3N3O. The predicted octanol–water partition coefficient (Wildman–Crippen LogP) is 1.91. The highest BCUT2D eigenvalue weighted by Crippen LogP contribution is 2.30. The van der Waals surface area contributed by atoms with Crippen LogP contribution in [0, 0.1) is 0 Å². The lowest BCUT2D eigenvalue weighted by Gasteiger charge is -2.17. The number of alkyl halides is 3. The van der Waals surface area contributed by atoms with Gasteiger partial charge in [-0.1, -0.05) is 0 Å². The molecule has 2 rings (SSSR count). The molecule has 0 spiro atoms. The molecule has 7 heteroatoms. The molecule has 0 bridgehead atoms. The Morgan fingerprint density at radius 1 is 1.39 bits per heavy atom. The van der Waals surface area contributed by atoms with E-state index in [0.717, 1.165) is 18.7 Å². The molecule has 1 unspecified atom stereocenters. The molecule has 0 aromatic carbocycles. The number of hydrazine groups is 1. The van der Waals surface area contributed by atoms with Crippen LogP contribution < -0.4 is 11.3 Å². The molecule has 0 radical (unpaired) electrons. The largest absolute Gasteiger partial charge is 0.496 e. The van der Waals surface area contributed by atoms with Crippen molar-refractivity contribution in [3.63, 3.8) is 0 Å². The molecule has 0 saturated heterocycles. The van der Waals surface area contributed by atoms with Crippen LogP contribution in [-0.4, -0.2) is 11.6 Å². The fourth-order valence-corrected chi connectivity index (χ4v) is 1.70. The highest BCUT2D eigenvalue weighted by Gasteiger charge is 2.31. The quantitative estimate of drug-likeness (QED) is 0.643. The minimum Gasteiger partial charge on any atom is -0.496 e. The zero-order chi connectivity index (χ0) is 13.2. The van der Waals surface area contributed by atoms with Crippen LogP contribution in [0.15, 0.2) is 30.2 Å². The lowest BCUT2D eigenvalue weighted by molar-refractivity contribution is -0.137. The van der Waals surface area contributed by atoms with Gasteiger partial charge >= 0.3 is 6.18 Å². The number of hydrogen-bond acceptors (Lipinski definition) is 4. The summed E-state index contributed by atoms with van der Waals surface area (Å²) in [6.07, 6.45) is -1.01. The van der Waals surface area contributed by atoms with Crippen molar-refractivity contribution in [2.45, 2.75) is 18.6 Å². The highest BCUT2D eigenvalue weighted by atomic mass is 19.4. The Balaban J connectivity index is 2.22. The first-order chi connectivity index (χ1) is 8.52. The molecule has 98 valence electrons. The Bertz CT molecular complexity index is 442. The van der Waals surface area contributed by atoms with Crippen molar-refractivity contribution in [1.29, 1.82) is 0 Å². The fourth-order valence-electron chi connectivity index (χ4n) is 1.70. The first-order valence-electron chi connectivity index (χ1n) is 5.34. The Hall–Kier alpha value is -1.60. The van der Waals surface area contributed by atoms with Crippen molar-refractivity contribution in [2.24, 2.45) is 5.84 Å². The van der Waals surface area contributed by atoms with Crippen LogP contribution in [0.25, 0.3) is 0 Å². The maximum Gasteiger partial charge on any atom is 0.417 e. The lowest BCUT2D eigenvalue weighted by atomic mass is 10.1. The second-order valence-corrected chi connectivity index (χ2v) is 3.81. The van der Waals surface area contributed by atoms with Crippen LogP contribution in [0.2, 0.25) is 0 Å². The van der Waals surface area contributed by atoms with E-state index in [1.165, 1.54) is 6.07 Å². The lowest BCUT2D eigenvalue weighted by Crippen LogP contribution is -2.30. The fraction of sp³-hybridized carbons (Fsp3) is 0.364. The topological polar surface area (TPSA) is 60.2 Å². The van der Waals surface area contributed by atoms with Crippen molar-refractivity contribution in [1.82, 2.24) is 10.4 Å². The van der Waals surface area contributed by atoms with E-state index >= 15 is 0 Å². The van der Waals surface area contributed by atoms with Crippen molar-refractivity contribution < 1.29 is 17.9 Å². The number of aromatic nitrogens is 1. The van der Waals surface area contributed by atoms with E-state index in [9.17, 15) is 13.2 Å². The first kappa shape index (κ1) is 12.8. The number of halogens is 3. The van der Waals surface area contributed by atoms with E-state index in [-0.39, 0.29) is 0 Å². The molecule has 0 aliphatic carbocycles. The van der Waals surface area contributed by atoms with Crippen molar-refractivity contribution in [3.05, 3.63) is 41.4 Å². The van der Waals surface area contributed by atoms with Gasteiger partial charge < -0.3 is 4.74 Å². The summed E-state index contributed by atoms with van der Waals surface area (Å²) in [7, 11) is 0. The molecule has 4 nitrogen and oxygen atoms in total. The monoisotopic (exact) mass is 259 g/mol. The van der Waals surface area contributed by atoms with Gasteiger partial charge in [0.1, 0.15) is 11.8 Å². The van der Waals surface area contributed by atoms with E-state index in [2.05, 4.69) is 10.4 Å². The molecule has 1 aromatic rings. The van der Waals surface area contributed by atoms with Crippen molar-refractivity contribution >= 4 is 0 Å². The van der Waals surface area contributed by atoms with Crippen LogP contribution in [-0.2, 0) is 10.9 Å². The van der Waals surface area contributed by atoms with Crippen LogP contribution in [0.4, 0.5) is 13.2 Å². The molecule has 2 heterocycles. The van der Waals surface area contributed by atoms with Crippen molar-refractivity contribution in [2.75, 3.05) is 6.61 Å². The molecule has 0 saturated carbocycles. The number of nitrogens with zero attached hydrogens (tertiary/aromatic N) is 1. The molecule has 1 aromatic heterocycles. The van der Waals surface area contributed by atoms with Crippen molar-refractivity contribution in [3.8, 4) is 0 Å². The standard InChI is InChI=1S/C11H12F3N3O/c12-11(13,14)7-3-4-8(16-6-7)10(17-15)9-2-1-5-18-9/h2-4,6,10,17H,1,5,15H2. The Labute approximate surface area is 102 Å². The third-order valence-corrected chi connectivity index (χ3v) is 2.59. The second-order valence-electron chi connectivity index (χ2n) is 3.81. The van der Waals surface area contributed by atoms with Gasteiger partial charge in [-0.15, -0.1) is 0 Å². The zero-order valence-electron chi connectivity index (χ0n) is 9.37. The Morgan fingerprint density at radius 2 is 2.17 bits per heavy atom. The average molecular weight is 259 g/mol. The van der Waals surface area contributed by atoms with Crippen LogP contribution in [0.5, 0.6) is 0 Å². The van der Waals surface area contributed by atoms with Gasteiger partial charge in [-0.3, -0.25) is 10.8 Å². The smallest absolute Gasteiger partial charge is 0.417 e. The number of nitrogens with two attached hydrogens (primary N) is 1. The van der Waals surface area contributed by atoms with E-state index in [1.807, 2.05) is 6.08 Å². The van der Waals surface area contributed by atoms with E-state index in [0.29, 0.717) is 18.1 Å². The van der Waals surface area contributed by atoms with Gasteiger partial charge in [-0.05, 0) is 18.2 Å². The molecule has 1 atom stereocenters. The van der Waals surface area contributed by atoms with Gasteiger partial charge in [0.15, 0.2) is 0 Å². The summed E-state index contributed by atoms with van der Waals surface area (Å²) >= 11 is 0. The predicted molar refractivity (Wildman–Crippen MR) is 58.0 cm³/mol. The number of rotatable bonds is 3. The zero-order valence-corrected chi connectivity index (χ0v) is 9.37. The summed E-state index contributed by atoms with van der Waals surface area (Å²) in [5.74, 6) is 5.96. The second kappa shape index (κ2) is 4.95. The molecule has 1 aliphatic heterocycles. The Kier molecular flexibility index (Phi) is 3.53. The van der Waals surface area contributed by atoms with E-state index in [1.54, 1.807) is 0 Å². The SMILES string of the molecule is NNC(C1=CCCO1)c1ccc(C(F)(F)F)cn1. The number of ether oxygens (including phenoxy) is 1. The summed E-state index contributed by atoms with van der Waals surface area (Å²) < 4.78 is 42.5. The number of hydrogen-bond donors (Lipinski definition) is 2. The maximum absolute atomic E-state index is 12.4. The van der Waals surface area contributed by atoms with Crippen LogP contribution in [0.3, 0.4) is 0 Å². The van der Waals surface area contributed by atoms with Gasteiger partial charge in [0.25, 0.3) is 0 Å². The van der Waals surface area contributed by atoms with Gasteiger partial charge in [0.05, 0.1) is 17.9 Å². The average Bonchev–Trinajstić information content (AvgIpc) is 2.83.